The van der Waals surface area contributed by atoms with Crippen LogP contribution in [0.25, 0.3) is 16.0 Å². The maximum atomic E-state index is 4.74. The predicted molar refractivity (Wildman–Crippen MR) is 112 cm³/mol. The van der Waals surface area contributed by atoms with Gasteiger partial charge in [-0.15, -0.1) is 11.3 Å². The number of hydrogen-bond acceptors (Lipinski definition) is 7. The summed E-state index contributed by atoms with van der Waals surface area (Å²) in [6.45, 7) is 6.33. The quantitative estimate of drug-likeness (QED) is 0.543. The highest BCUT2D eigenvalue weighted by molar-refractivity contribution is 7.19. The molecule has 4 aromatic rings. The molecule has 0 saturated carbocycles. The molecule has 1 aliphatic heterocycles. The Morgan fingerprint density at radius 2 is 2.11 bits per heavy atom. The zero-order chi connectivity index (χ0) is 18.9. The van der Waals surface area contributed by atoms with Gasteiger partial charge in [0.2, 0.25) is 0 Å². The van der Waals surface area contributed by atoms with Crippen molar-refractivity contribution in [1.82, 2.24) is 29.9 Å². The molecule has 28 heavy (non-hydrogen) atoms. The van der Waals surface area contributed by atoms with Crippen molar-refractivity contribution in [2.75, 3.05) is 25.0 Å². The summed E-state index contributed by atoms with van der Waals surface area (Å²) in [5.74, 6) is 1.47. The Labute approximate surface area is 167 Å². The maximum absolute atomic E-state index is 4.74. The van der Waals surface area contributed by atoms with Crippen molar-refractivity contribution in [3.63, 3.8) is 0 Å². The molecule has 144 valence electrons. The first-order valence-electron chi connectivity index (χ1n) is 9.86. The molecular weight excluding hydrogens is 370 g/mol. The third kappa shape index (κ3) is 3.12. The van der Waals surface area contributed by atoms with Gasteiger partial charge >= 0.3 is 0 Å². The molecule has 0 radical (unpaired) electrons. The van der Waals surface area contributed by atoms with Gasteiger partial charge in [0.1, 0.15) is 10.6 Å². The van der Waals surface area contributed by atoms with E-state index >= 15 is 0 Å². The van der Waals surface area contributed by atoms with Crippen LogP contribution in [0, 0.1) is 0 Å². The topological polar surface area (TPSA) is 71.2 Å². The standard InChI is InChI=1S/C20H23N7S/c1-2-11-26-12-9-15-16(13-26)28-19-17(15)18(22-20-23-24-25-27(19)20)21-10-8-14-6-4-3-5-7-14/h3-7H,2,8-13H2,1H3,(H,21,22,23,25). The summed E-state index contributed by atoms with van der Waals surface area (Å²) in [4.78, 5) is 9.79. The molecule has 1 aromatic carbocycles. The number of fused-ring (bicyclic) bond motifs is 5. The van der Waals surface area contributed by atoms with Crippen molar-refractivity contribution in [2.24, 2.45) is 0 Å². The van der Waals surface area contributed by atoms with E-state index in [4.69, 9.17) is 4.98 Å². The number of nitrogens with zero attached hydrogens (tertiary/aromatic N) is 6. The van der Waals surface area contributed by atoms with Crippen LogP contribution in [0.5, 0.6) is 0 Å². The molecule has 0 fully saturated rings. The average molecular weight is 394 g/mol. The van der Waals surface area contributed by atoms with Gasteiger partial charge in [-0.25, -0.2) is 0 Å². The minimum Gasteiger partial charge on any atom is -0.369 e. The third-order valence-corrected chi connectivity index (χ3v) is 6.49. The SMILES string of the molecule is CCCN1CCc2c(sc3c2c(NCCc2ccccc2)nc2nnnn23)C1. The van der Waals surface area contributed by atoms with Gasteiger partial charge in [0.15, 0.2) is 0 Å². The average Bonchev–Trinajstić information content (AvgIpc) is 3.33. The summed E-state index contributed by atoms with van der Waals surface area (Å²) in [6, 6.07) is 10.5. The van der Waals surface area contributed by atoms with Crippen molar-refractivity contribution < 1.29 is 0 Å². The number of thiophene rings is 1. The second-order valence-corrected chi connectivity index (χ2v) is 8.31. The van der Waals surface area contributed by atoms with Crippen LogP contribution in [-0.2, 0) is 19.4 Å². The van der Waals surface area contributed by atoms with Crippen molar-refractivity contribution in [2.45, 2.75) is 32.7 Å². The first-order valence-corrected chi connectivity index (χ1v) is 10.7. The Morgan fingerprint density at radius 1 is 1.21 bits per heavy atom. The van der Waals surface area contributed by atoms with E-state index in [9.17, 15) is 0 Å². The van der Waals surface area contributed by atoms with E-state index in [1.165, 1.54) is 27.8 Å². The van der Waals surface area contributed by atoms with Crippen LogP contribution in [0.15, 0.2) is 30.3 Å². The number of aromatic nitrogens is 5. The molecule has 3 aromatic heterocycles. The fourth-order valence-electron chi connectivity index (χ4n) is 3.98. The smallest absolute Gasteiger partial charge is 0.276 e. The van der Waals surface area contributed by atoms with Crippen molar-refractivity contribution >= 4 is 33.1 Å². The summed E-state index contributed by atoms with van der Waals surface area (Å²) in [7, 11) is 0. The number of rotatable bonds is 6. The fraction of sp³-hybridized carbons (Fsp3) is 0.400. The molecule has 1 aliphatic rings. The van der Waals surface area contributed by atoms with Crippen LogP contribution in [0.1, 0.15) is 29.3 Å². The summed E-state index contributed by atoms with van der Waals surface area (Å²) < 4.78 is 1.78. The summed E-state index contributed by atoms with van der Waals surface area (Å²) in [5.41, 5.74) is 2.73. The second-order valence-electron chi connectivity index (χ2n) is 7.22. The Morgan fingerprint density at radius 3 is 2.96 bits per heavy atom. The lowest BCUT2D eigenvalue weighted by Gasteiger charge is -2.26. The summed E-state index contributed by atoms with van der Waals surface area (Å²) in [6.07, 6.45) is 3.19. The zero-order valence-electron chi connectivity index (χ0n) is 15.9. The highest BCUT2D eigenvalue weighted by Crippen LogP contribution is 2.38. The highest BCUT2D eigenvalue weighted by atomic mass is 32.1. The molecule has 0 saturated heterocycles. The van der Waals surface area contributed by atoms with E-state index in [1.807, 2.05) is 6.07 Å². The first kappa shape index (κ1) is 17.5. The molecule has 4 heterocycles. The number of nitrogens with one attached hydrogen (secondary N) is 1. The van der Waals surface area contributed by atoms with Gasteiger partial charge in [0, 0.05) is 24.5 Å². The van der Waals surface area contributed by atoms with Gasteiger partial charge in [-0.3, -0.25) is 4.90 Å². The maximum Gasteiger partial charge on any atom is 0.276 e. The number of tetrazole rings is 1. The molecule has 0 spiro atoms. The predicted octanol–water partition coefficient (Wildman–Crippen LogP) is 3.16. The molecule has 0 atom stereocenters. The van der Waals surface area contributed by atoms with Gasteiger partial charge in [-0.1, -0.05) is 42.4 Å². The molecule has 7 nitrogen and oxygen atoms in total. The van der Waals surface area contributed by atoms with E-state index < -0.39 is 0 Å². The monoisotopic (exact) mass is 393 g/mol. The Bertz CT molecular complexity index is 1100. The van der Waals surface area contributed by atoms with Crippen LogP contribution < -0.4 is 5.32 Å². The van der Waals surface area contributed by atoms with Gasteiger partial charge in [0.25, 0.3) is 5.78 Å². The van der Waals surface area contributed by atoms with E-state index in [1.54, 1.807) is 15.9 Å². The van der Waals surface area contributed by atoms with Crippen LogP contribution in [0.3, 0.4) is 0 Å². The van der Waals surface area contributed by atoms with Gasteiger partial charge in [-0.05, 0) is 47.4 Å². The van der Waals surface area contributed by atoms with Crippen LogP contribution in [0.4, 0.5) is 5.82 Å². The molecule has 1 N–H and O–H groups in total. The van der Waals surface area contributed by atoms with Gasteiger partial charge in [-0.2, -0.15) is 9.50 Å². The summed E-state index contributed by atoms with van der Waals surface area (Å²) >= 11 is 1.81. The first-order chi connectivity index (χ1) is 13.8. The number of hydrogen-bond donors (Lipinski definition) is 1. The molecule has 0 unspecified atom stereocenters. The Hall–Kier alpha value is -2.58. The lowest BCUT2D eigenvalue weighted by Crippen LogP contribution is -2.30. The highest BCUT2D eigenvalue weighted by Gasteiger charge is 2.25. The van der Waals surface area contributed by atoms with Crippen LogP contribution in [0.2, 0.25) is 0 Å². The molecule has 8 heteroatoms. The fourth-order valence-corrected chi connectivity index (χ4v) is 5.31. The Kier molecular flexibility index (Phi) is 4.66. The normalized spacial score (nSPS) is 14.6. The lowest BCUT2D eigenvalue weighted by molar-refractivity contribution is 0.258. The van der Waals surface area contributed by atoms with Crippen molar-refractivity contribution in [3.05, 3.63) is 46.3 Å². The third-order valence-electron chi connectivity index (χ3n) is 5.30. The van der Waals surface area contributed by atoms with Gasteiger partial charge < -0.3 is 5.32 Å². The second kappa shape index (κ2) is 7.44. The van der Waals surface area contributed by atoms with E-state index in [0.717, 1.165) is 49.7 Å². The molecule has 0 bridgehead atoms. The largest absolute Gasteiger partial charge is 0.369 e. The van der Waals surface area contributed by atoms with Crippen LogP contribution >= 0.6 is 11.3 Å². The van der Waals surface area contributed by atoms with E-state index in [0.29, 0.717) is 5.78 Å². The molecular formula is C20H23N7S. The van der Waals surface area contributed by atoms with E-state index in [-0.39, 0.29) is 0 Å². The van der Waals surface area contributed by atoms with Crippen molar-refractivity contribution in [1.29, 1.82) is 0 Å². The Balaban J connectivity index is 1.50. The minimum absolute atomic E-state index is 0.554. The summed E-state index contributed by atoms with van der Waals surface area (Å²) in [5, 5.41) is 16.9. The number of anilines is 1. The van der Waals surface area contributed by atoms with Crippen molar-refractivity contribution in [3.8, 4) is 0 Å². The molecule has 0 amide bonds. The van der Waals surface area contributed by atoms with E-state index in [2.05, 4.69) is 56.9 Å². The minimum atomic E-state index is 0.554. The number of benzene rings is 1. The molecule has 0 aliphatic carbocycles. The molecule has 5 rings (SSSR count). The lowest BCUT2D eigenvalue weighted by atomic mass is 10.0. The van der Waals surface area contributed by atoms with Gasteiger partial charge in [0.05, 0.1) is 5.39 Å². The zero-order valence-corrected chi connectivity index (χ0v) is 16.7. The van der Waals surface area contributed by atoms with Crippen LogP contribution in [-0.4, -0.2) is 49.6 Å².